The number of hydrogen-bond acceptors (Lipinski definition) is 2. The van der Waals surface area contributed by atoms with Gasteiger partial charge in [-0.3, -0.25) is 5.10 Å². The zero-order chi connectivity index (χ0) is 5.28. The molecule has 0 unspecified atom stereocenters. The topological polar surface area (TPSA) is 41.6 Å². The minimum absolute atomic E-state index is 0.929. The average molecular weight is 321 g/mol. The maximum absolute atomic E-state index is 3.69. The van der Waals surface area contributed by atoms with Gasteiger partial charge in [-0.05, 0) is 45.2 Å². The summed E-state index contributed by atoms with van der Waals surface area (Å²) in [6.07, 6.45) is 0. The average Bonchev–Trinajstić information content (AvgIpc) is 1.91. The summed E-state index contributed by atoms with van der Waals surface area (Å²) in [7, 11) is 0. The van der Waals surface area contributed by atoms with Crippen LogP contribution in [0.2, 0.25) is 0 Å². The third-order valence-electron chi connectivity index (χ3n) is 0.467. The van der Waals surface area contributed by atoms with Crippen molar-refractivity contribution in [2.75, 3.05) is 0 Å². The highest BCUT2D eigenvalue weighted by Crippen LogP contribution is 2.05. The number of nitrogens with zero attached hydrogens (tertiary/aromatic N) is 2. The van der Waals surface area contributed by atoms with E-state index >= 15 is 0 Å². The van der Waals surface area contributed by atoms with E-state index in [4.69, 9.17) is 0 Å². The van der Waals surface area contributed by atoms with Crippen LogP contribution in [0.5, 0.6) is 0 Å². The Labute approximate surface area is 67.5 Å². The van der Waals surface area contributed by atoms with Gasteiger partial charge in [0.15, 0.2) is 3.70 Å². The zero-order valence-electron chi connectivity index (χ0n) is 3.15. The van der Waals surface area contributed by atoms with E-state index in [-0.39, 0.29) is 0 Å². The Hall–Kier alpha value is 0.600. The van der Waals surface area contributed by atoms with Gasteiger partial charge in [-0.2, -0.15) is 0 Å². The van der Waals surface area contributed by atoms with Crippen LogP contribution in [0.25, 0.3) is 0 Å². The Morgan fingerprint density at radius 3 is 2.29 bits per heavy atom. The van der Waals surface area contributed by atoms with Crippen molar-refractivity contribution in [3.63, 3.8) is 0 Å². The van der Waals surface area contributed by atoms with Crippen LogP contribution in [0.3, 0.4) is 0 Å². The normalized spacial score (nSPS) is 9.43. The van der Waals surface area contributed by atoms with Gasteiger partial charge >= 0.3 is 0 Å². The predicted octanol–water partition coefficient (Wildman–Crippen LogP) is 1.01. The van der Waals surface area contributed by atoms with Crippen molar-refractivity contribution in [2.45, 2.75) is 0 Å². The lowest BCUT2D eigenvalue weighted by Crippen LogP contribution is -1.69. The number of halogens is 2. The van der Waals surface area contributed by atoms with E-state index in [1.807, 2.05) is 0 Å². The van der Waals surface area contributed by atoms with Crippen molar-refractivity contribution in [1.82, 2.24) is 15.4 Å². The van der Waals surface area contributed by atoms with Crippen molar-refractivity contribution in [3.05, 3.63) is 7.40 Å². The number of nitrogens with one attached hydrogen (secondary N) is 1. The standard InChI is InChI=1S/C2HI2N3/c3-1-2(4)6-7-5-1/h(H,5,6,7). The molecular weight excluding hydrogens is 320 g/mol. The van der Waals surface area contributed by atoms with Crippen LogP contribution < -0.4 is 0 Å². The van der Waals surface area contributed by atoms with Crippen molar-refractivity contribution >= 4 is 45.2 Å². The fourth-order valence-electron chi connectivity index (χ4n) is 0.203. The van der Waals surface area contributed by atoms with Gasteiger partial charge in [0.2, 0.25) is 0 Å². The molecule has 0 bridgehead atoms. The summed E-state index contributed by atoms with van der Waals surface area (Å²) in [5, 5.41) is 9.91. The Balaban J connectivity index is 3.12. The fourth-order valence-corrected chi connectivity index (χ4v) is 0.647. The SMILES string of the molecule is Ic1nn[nH]c1I. The molecule has 0 saturated carbocycles. The second-order valence-corrected chi connectivity index (χ2v) is 3.02. The molecule has 7 heavy (non-hydrogen) atoms. The van der Waals surface area contributed by atoms with Crippen molar-refractivity contribution in [3.8, 4) is 0 Å². The minimum atomic E-state index is 0.929. The third-order valence-corrected chi connectivity index (χ3v) is 3.01. The van der Waals surface area contributed by atoms with Crippen molar-refractivity contribution in [1.29, 1.82) is 0 Å². The molecule has 5 heteroatoms. The molecule has 0 atom stereocenters. The molecule has 0 spiro atoms. The van der Waals surface area contributed by atoms with Crippen LogP contribution in [0.4, 0.5) is 0 Å². The molecule has 3 nitrogen and oxygen atoms in total. The quantitative estimate of drug-likeness (QED) is 0.725. The van der Waals surface area contributed by atoms with Gasteiger partial charge in [0.1, 0.15) is 3.70 Å². The highest BCUT2D eigenvalue weighted by molar-refractivity contribution is 14.1. The lowest BCUT2D eigenvalue weighted by Gasteiger charge is -1.71. The molecular formula is C2HI2N3. The smallest absolute Gasteiger partial charge is 0.156 e. The molecule has 0 aliphatic rings. The fraction of sp³-hybridized carbons (Fsp3) is 0. The Morgan fingerprint density at radius 1 is 1.43 bits per heavy atom. The van der Waals surface area contributed by atoms with E-state index in [9.17, 15) is 0 Å². The van der Waals surface area contributed by atoms with Gasteiger partial charge in [-0.25, -0.2) is 0 Å². The lowest BCUT2D eigenvalue weighted by molar-refractivity contribution is 0.928. The molecule has 0 aromatic carbocycles. The van der Waals surface area contributed by atoms with Gasteiger partial charge in [0, 0.05) is 0 Å². The second-order valence-electron chi connectivity index (χ2n) is 0.917. The first-order valence-corrected chi connectivity index (χ1v) is 3.68. The molecule has 1 heterocycles. The molecule has 1 aromatic rings. The van der Waals surface area contributed by atoms with E-state index in [0.717, 1.165) is 7.40 Å². The Morgan fingerprint density at radius 2 is 2.14 bits per heavy atom. The summed E-state index contributed by atoms with van der Waals surface area (Å²) in [6, 6.07) is 0. The highest BCUT2D eigenvalue weighted by atomic mass is 127. The summed E-state index contributed by atoms with van der Waals surface area (Å²) in [6.45, 7) is 0. The summed E-state index contributed by atoms with van der Waals surface area (Å²) in [5.41, 5.74) is 0. The molecule has 1 N–H and O–H groups in total. The Bertz CT molecular complexity index is 143. The summed E-state index contributed by atoms with van der Waals surface area (Å²) < 4.78 is 1.93. The highest BCUT2D eigenvalue weighted by Gasteiger charge is 1.94. The first-order valence-electron chi connectivity index (χ1n) is 1.53. The molecule has 0 saturated heterocycles. The molecule has 0 amide bonds. The van der Waals surface area contributed by atoms with Crippen LogP contribution >= 0.6 is 45.2 Å². The van der Waals surface area contributed by atoms with Crippen LogP contribution in [0, 0.1) is 7.40 Å². The first kappa shape index (κ1) is 5.73. The number of H-pyrrole nitrogens is 1. The minimum Gasteiger partial charge on any atom is -0.251 e. The van der Waals surface area contributed by atoms with E-state index < -0.39 is 0 Å². The maximum atomic E-state index is 3.69. The molecule has 1 aromatic heterocycles. The van der Waals surface area contributed by atoms with Gasteiger partial charge in [-0.1, -0.05) is 5.21 Å². The Kier molecular flexibility index (Phi) is 1.84. The number of rotatable bonds is 0. The number of hydrogen-bond donors (Lipinski definition) is 1. The van der Waals surface area contributed by atoms with Crippen molar-refractivity contribution < 1.29 is 0 Å². The van der Waals surface area contributed by atoms with E-state index in [0.29, 0.717) is 0 Å². The number of aromatic nitrogens is 3. The zero-order valence-corrected chi connectivity index (χ0v) is 7.47. The van der Waals surface area contributed by atoms with E-state index in [2.05, 4.69) is 60.6 Å². The molecule has 0 fully saturated rings. The first-order chi connectivity index (χ1) is 3.30. The predicted molar refractivity (Wildman–Crippen MR) is 41.8 cm³/mol. The molecule has 38 valence electrons. The second kappa shape index (κ2) is 2.25. The van der Waals surface area contributed by atoms with Crippen LogP contribution in [0.1, 0.15) is 0 Å². The summed E-state index contributed by atoms with van der Waals surface area (Å²) in [5.74, 6) is 0. The van der Waals surface area contributed by atoms with Gasteiger partial charge in [0.25, 0.3) is 0 Å². The molecule has 0 aliphatic carbocycles. The summed E-state index contributed by atoms with van der Waals surface area (Å²) >= 11 is 4.24. The lowest BCUT2D eigenvalue weighted by atomic mass is 11.0. The van der Waals surface area contributed by atoms with Gasteiger partial charge in [0.05, 0.1) is 0 Å². The van der Waals surface area contributed by atoms with Crippen LogP contribution in [-0.4, -0.2) is 15.4 Å². The van der Waals surface area contributed by atoms with Gasteiger partial charge < -0.3 is 0 Å². The molecule has 0 radical (unpaired) electrons. The van der Waals surface area contributed by atoms with Crippen LogP contribution in [0.15, 0.2) is 0 Å². The van der Waals surface area contributed by atoms with Crippen LogP contribution in [-0.2, 0) is 0 Å². The van der Waals surface area contributed by atoms with Gasteiger partial charge in [-0.15, -0.1) is 5.10 Å². The van der Waals surface area contributed by atoms with Crippen molar-refractivity contribution in [2.24, 2.45) is 0 Å². The maximum Gasteiger partial charge on any atom is 0.156 e. The molecule has 1 rings (SSSR count). The van der Waals surface area contributed by atoms with E-state index in [1.165, 1.54) is 0 Å². The largest absolute Gasteiger partial charge is 0.251 e. The number of aromatic amines is 1. The monoisotopic (exact) mass is 321 g/mol. The summed E-state index contributed by atoms with van der Waals surface area (Å²) in [4.78, 5) is 0. The molecule has 0 aliphatic heterocycles. The third kappa shape index (κ3) is 1.24. The van der Waals surface area contributed by atoms with E-state index in [1.54, 1.807) is 0 Å².